The standard InChI is InChI=1S/C22H23F3O6/c1-30-20-9-6-16(19(29)11-21(12-26,13-27)14-28)10-17(20)5-2-15-3-7-18(8-4-15)31-22(23,24)25/h2-10,26-28H,11-14H2,1H3/b5-2+. The summed E-state index contributed by atoms with van der Waals surface area (Å²) in [4.78, 5) is 12.6. The SMILES string of the molecule is COc1ccc(C(=O)CC(CO)(CO)CO)cc1/C=C/c1ccc(OC(F)(F)F)cc1. The number of halogens is 3. The van der Waals surface area contributed by atoms with E-state index in [-0.39, 0.29) is 23.5 Å². The Bertz CT molecular complexity index is 894. The third kappa shape index (κ3) is 6.81. The van der Waals surface area contributed by atoms with Crippen LogP contribution >= 0.6 is 0 Å². The van der Waals surface area contributed by atoms with Crippen molar-refractivity contribution >= 4 is 17.9 Å². The molecule has 2 aromatic rings. The van der Waals surface area contributed by atoms with Gasteiger partial charge < -0.3 is 24.8 Å². The molecule has 0 heterocycles. The van der Waals surface area contributed by atoms with E-state index in [0.29, 0.717) is 16.9 Å². The Morgan fingerprint density at radius 2 is 1.58 bits per heavy atom. The number of methoxy groups -OCH3 is 1. The van der Waals surface area contributed by atoms with Crippen molar-refractivity contribution in [2.75, 3.05) is 26.9 Å². The van der Waals surface area contributed by atoms with Crippen molar-refractivity contribution < 1.29 is 42.8 Å². The van der Waals surface area contributed by atoms with E-state index in [2.05, 4.69) is 4.74 Å². The first-order chi connectivity index (χ1) is 14.6. The Hall–Kier alpha value is -2.88. The van der Waals surface area contributed by atoms with E-state index in [1.54, 1.807) is 24.3 Å². The van der Waals surface area contributed by atoms with Gasteiger partial charge in [-0.1, -0.05) is 24.3 Å². The fourth-order valence-corrected chi connectivity index (χ4v) is 2.77. The minimum atomic E-state index is -4.77. The highest BCUT2D eigenvalue weighted by atomic mass is 19.4. The summed E-state index contributed by atoms with van der Waals surface area (Å²) in [5.41, 5.74) is 0.0848. The first kappa shape index (κ1) is 24.4. The third-order valence-corrected chi connectivity index (χ3v) is 4.66. The lowest BCUT2D eigenvalue weighted by atomic mass is 9.83. The van der Waals surface area contributed by atoms with Gasteiger partial charge in [-0.15, -0.1) is 13.2 Å². The van der Waals surface area contributed by atoms with Crippen molar-refractivity contribution in [3.63, 3.8) is 0 Å². The molecule has 0 saturated heterocycles. The van der Waals surface area contributed by atoms with Gasteiger partial charge in [0.2, 0.25) is 0 Å². The molecule has 9 heteroatoms. The summed E-state index contributed by atoms with van der Waals surface area (Å²) in [5, 5.41) is 28.3. The van der Waals surface area contributed by atoms with E-state index in [1.165, 1.54) is 37.4 Å². The first-order valence-electron chi connectivity index (χ1n) is 9.23. The van der Waals surface area contributed by atoms with Crippen LogP contribution in [0.25, 0.3) is 12.2 Å². The van der Waals surface area contributed by atoms with Crippen LogP contribution in [-0.4, -0.2) is 54.4 Å². The Morgan fingerprint density at radius 3 is 2.10 bits per heavy atom. The number of ether oxygens (including phenoxy) is 2. The molecule has 0 fully saturated rings. The molecule has 0 amide bonds. The molecule has 0 spiro atoms. The summed E-state index contributed by atoms with van der Waals surface area (Å²) < 4.78 is 45.9. The lowest BCUT2D eigenvalue weighted by Gasteiger charge is -2.26. The molecule has 0 radical (unpaired) electrons. The van der Waals surface area contributed by atoms with E-state index in [1.807, 2.05) is 0 Å². The van der Waals surface area contributed by atoms with Gasteiger partial charge in [0.25, 0.3) is 0 Å². The number of carbonyl (C=O) groups is 1. The molecule has 0 unspecified atom stereocenters. The van der Waals surface area contributed by atoms with E-state index in [4.69, 9.17) is 4.74 Å². The predicted molar refractivity (Wildman–Crippen MR) is 108 cm³/mol. The van der Waals surface area contributed by atoms with Crippen molar-refractivity contribution in [2.24, 2.45) is 5.41 Å². The van der Waals surface area contributed by atoms with Crippen LogP contribution in [0, 0.1) is 5.41 Å². The molecule has 168 valence electrons. The highest BCUT2D eigenvalue weighted by molar-refractivity contribution is 5.97. The summed E-state index contributed by atoms with van der Waals surface area (Å²) >= 11 is 0. The van der Waals surface area contributed by atoms with Crippen molar-refractivity contribution in [2.45, 2.75) is 12.8 Å². The average molecular weight is 440 g/mol. The average Bonchev–Trinajstić information content (AvgIpc) is 2.75. The number of benzene rings is 2. The molecular formula is C22H23F3O6. The minimum Gasteiger partial charge on any atom is -0.496 e. The van der Waals surface area contributed by atoms with Gasteiger partial charge in [-0.2, -0.15) is 0 Å². The molecule has 0 aliphatic carbocycles. The van der Waals surface area contributed by atoms with Gasteiger partial charge in [0.05, 0.1) is 26.9 Å². The molecular weight excluding hydrogens is 417 g/mol. The van der Waals surface area contributed by atoms with E-state index in [0.717, 1.165) is 0 Å². The summed E-state index contributed by atoms with van der Waals surface area (Å²) in [6, 6.07) is 9.90. The topological polar surface area (TPSA) is 96.2 Å². The van der Waals surface area contributed by atoms with Gasteiger partial charge in [0.1, 0.15) is 11.5 Å². The molecule has 2 rings (SSSR count). The number of ketones is 1. The summed E-state index contributed by atoms with van der Waals surface area (Å²) in [5.74, 6) is -0.263. The molecule has 0 bridgehead atoms. The molecule has 6 nitrogen and oxygen atoms in total. The highest BCUT2D eigenvalue weighted by Gasteiger charge is 2.32. The number of hydrogen-bond donors (Lipinski definition) is 3. The zero-order valence-corrected chi connectivity index (χ0v) is 16.7. The van der Waals surface area contributed by atoms with Crippen LogP contribution in [0.2, 0.25) is 0 Å². The van der Waals surface area contributed by atoms with Crippen LogP contribution < -0.4 is 9.47 Å². The largest absolute Gasteiger partial charge is 0.573 e. The van der Waals surface area contributed by atoms with Gasteiger partial charge in [-0.25, -0.2) is 0 Å². The first-order valence-corrected chi connectivity index (χ1v) is 9.23. The maximum atomic E-state index is 12.6. The molecule has 0 atom stereocenters. The normalized spacial score (nSPS) is 12.2. The summed E-state index contributed by atoms with van der Waals surface area (Å²) in [7, 11) is 1.45. The Balaban J connectivity index is 2.23. The van der Waals surface area contributed by atoms with Gasteiger partial charge in [-0.3, -0.25) is 4.79 Å². The third-order valence-electron chi connectivity index (χ3n) is 4.66. The molecule has 31 heavy (non-hydrogen) atoms. The number of alkyl halides is 3. The van der Waals surface area contributed by atoms with Crippen LogP contribution in [0.3, 0.4) is 0 Å². The quantitative estimate of drug-likeness (QED) is 0.388. The monoisotopic (exact) mass is 440 g/mol. The second-order valence-electron chi connectivity index (χ2n) is 6.98. The van der Waals surface area contributed by atoms with Crippen molar-refractivity contribution in [1.82, 2.24) is 0 Å². The Kier molecular flexibility index (Phi) is 8.21. The van der Waals surface area contributed by atoms with Gasteiger partial charge in [0, 0.05) is 23.0 Å². The number of carbonyl (C=O) groups excluding carboxylic acids is 1. The number of aliphatic hydroxyl groups excluding tert-OH is 3. The molecule has 0 aromatic heterocycles. The highest BCUT2D eigenvalue weighted by Crippen LogP contribution is 2.28. The smallest absolute Gasteiger partial charge is 0.496 e. The lowest BCUT2D eigenvalue weighted by Crippen LogP contribution is -2.36. The van der Waals surface area contributed by atoms with Crippen molar-refractivity contribution in [1.29, 1.82) is 0 Å². The van der Waals surface area contributed by atoms with E-state index >= 15 is 0 Å². The summed E-state index contributed by atoms with van der Waals surface area (Å²) in [6.45, 7) is -1.66. The van der Waals surface area contributed by atoms with Crippen molar-refractivity contribution in [3.8, 4) is 11.5 Å². The van der Waals surface area contributed by atoms with Gasteiger partial charge in [0.15, 0.2) is 5.78 Å². The Morgan fingerprint density at radius 1 is 0.968 bits per heavy atom. The zero-order valence-electron chi connectivity index (χ0n) is 16.7. The van der Waals surface area contributed by atoms with E-state index < -0.39 is 31.6 Å². The second-order valence-corrected chi connectivity index (χ2v) is 6.98. The second kappa shape index (κ2) is 10.4. The number of Topliss-reactive ketones (excluding diaryl/α,β-unsaturated/α-hetero) is 1. The fraction of sp³-hybridized carbons (Fsp3) is 0.318. The van der Waals surface area contributed by atoms with Crippen LogP contribution in [-0.2, 0) is 0 Å². The number of aliphatic hydroxyl groups is 3. The van der Waals surface area contributed by atoms with Crippen LogP contribution in [0.15, 0.2) is 42.5 Å². The van der Waals surface area contributed by atoms with Gasteiger partial charge >= 0.3 is 6.36 Å². The fourth-order valence-electron chi connectivity index (χ4n) is 2.77. The van der Waals surface area contributed by atoms with Crippen LogP contribution in [0.1, 0.15) is 27.9 Å². The summed E-state index contributed by atoms with van der Waals surface area (Å²) in [6.07, 6.45) is -1.76. The van der Waals surface area contributed by atoms with Crippen LogP contribution in [0.5, 0.6) is 11.5 Å². The number of rotatable bonds is 10. The molecule has 0 aliphatic heterocycles. The Labute approximate surface area is 177 Å². The maximum absolute atomic E-state index is 12.6. The van der Waals surface area contributed by atoms with Gasteiger partial charge in [-0.05, 0) is 35.9 Å². The van der Waals surface area contributed by atoms with Crippen molar-refractivity contribution in [3.05, 3.63) is 59.2 Å². The van der Waals surface area contributed by atoms with E-state index in [9.17, 15) is 33.3 Å². The molecule has 0 aliphatic rings. The molecule has 2 aromatic carbocycles. The predicted octanol–water partition coefficient (Wildman–Crippen LogP) is 3.30. The zero-order chi connectivity index (χ0) is 23.1. The lowest BCUT2D eigenvalue weighted by molar-refractivity contribution is -0.274. The van der Waals surface area contributed by atoms with Crippen LogP contribution in [0.4, 0.5) is 13.2 Å². The minimum absolute atomic E-state index is 0.257. The molecule has 0 saturated carbocycles. The molecule has 3 N–H and O–H groups in total. The number of hydrogen-bond acceptors (Lipinski definition) is 6. The maximum Gasteiger partial charge on any atom is 0.573 e.